The Kier molecular flexibility index (Phi) is 6.70. The van der Waals surface area contributed by atoms with Crippen molar-refractivity contribution in [2.75, 3.05) is 44.6 Å². The van der Waals surface area contributed by atoms with Crippen LogP contribution in [-0.2, 0) is 14.3 Å². The summed E-state index contributed by atoms with van der Waals surface area (Å²) in [5.41, 5.74) is 6.82. The van der Waals surface area contributed by atoms with Crippen molar-refractivity contribution in [3.05, 3.63) is 18.2 Å². The van der Waals surface area contributed by atoms with E-state index in [1.54, 1.807) is 18.2 Å². The third-order valence-electron chi connectivity index (χ3n) is 2.32. The van der Waals surface area contributed by atoms with E-state index in [0.717, 1.165) is 0 Å². The fraction of sp³-hybridized carbons (Fsp3) is 0.462. The van der Waals surface area contributed by atoms with Crippen LogP contribution in [0.25, 0.3) is 0 Å². The normalized spacial score (nSPS) is 10.2. The molecule has 1 aromatic carbocycles. The summed E-state index contributed by atoms with van der Waals surface area (Å²) >= 11 is 0. The fourth-order valence-corrected chi connectivity index (χ4v) is 1.44. The second-order valence-corrected chi connectivity index (χ2v) is 3.75. The molecule has 1 aromatic rings. The van der Waals surface area contributed by atoms with E-state index < -0.39 is 0 Å². The number of methoxy groups -OCH3 is 1. The topological polar surface area (TPSA) is 82.8 Å². The van der Waals surface area contributed by atoms with Crippen LogP contribution in [0.2, 0.25) is 0 Å². The van der Waals surface area contributed by atoms with Gasteiger partial charge >= 0.3 is 0 Å². The Morgan fingerprint density at radius 2 is 2.05 bits per heavy atom. The maximum absolute atomic E-state index is 11.6. The van der Waals surface area contributed by atoms with Crippen LogP contribution in [0.3, 0.4) is 0 Å². The zero-order valence-electron chi connectivity index (χ0n) is 11.3. The molecule has 19 heavy (non-hydrogen) atoms. The lowest BCUT2D eigenvalue weighted by atomic mass is 10.2. The third kappa shape index (κ3) is 5.58. The summed E-state index contributed by atoms with van der Waals surface area (Å²) in [6, 6.07) is 5.05. The minimum absolute atomic E-state index is 0.0149. The lowest BCUT2D eigenvalue weighted by molar-refractivity contribution is -0.121. The van der Waals surface area contributed by atoms with Crippen molar-refractivity contribution in [1.82, 2.24) is 0 Å². The van der Waals surface area contributed by atoms with Crippen LogP contribution in [0.4, 0.5) is 11.4 Å². The van der Waals surface area contributed by atoms with Gasteiger partial charge in [-0.1, -0.05) is 0 Å². The van der Waals surface area contributed by atoms with E-state index in [9.17, 15) is 4.79 Å². The van der Waals surface area contributed by atoms with Gasteiger partial charge in [0.15, 0.2) is 0 Å². The molecule has 1 rings (SSSR count). The number of carbonyl (C=O) groups is 1. The van der Waals surface area contributed by atoms with E-state index in [1.165, 1.54) is 7.11 Å². The lowest BCUT2D eigenvalue weighted by Gasteiger charge is -2.09. The summed E-state index contributed by atoms with van der Waals surface area (Å²) in [6.07, 6.45) is 0. The molecule has 0 saturated carbocycles. The highest BCUT2D eigenvalue weighted by Gasteiger charge is 2.05. The number of amides is 1. The first-order chi connectivity index (χ1) is 9.17. The monoisotopic (exact) mass is 268 g/mol. The van der Waals surface area contributed by atoms with Crippen molar-refractivity contribution in [2.45, 2.75) is 6.92 Å². The van der Waals surface area contributed by atoms with Crippen molar-refractivity contribution in [3.8, 4) is 5.75 Å². The number of nitrogen functional groups attached to an aromatic ring is 1. The van der Waals surface area contributed by atoms with Crippen molar-refractivity contribution in [1.29, 1.82) is 0 Å². The quantitative estimate of drug-likeness (QED) is 0.548. The number of hydrogen-bond acceptors (Lipinski definition) is 5. The maximum atomic E-state index is 11.6. The largest absolute Gasteiger partial charge is 0.495 e. The molecule has 3 N–H and O–H groups in total. The molecule has 0 bridgehead atoms. The number of nitrogens with one attached hydrogen (secondary N) is 1. The Labute approximate surface area is 112 Å². The van der Waals surface area contributed by atoms with E-state index in [-0.39, 0.29) is 12.5 Å². The summed E-state index contributed by atoms with van der Waals surface area (Å²) in [6.45, 7) is 3.41. The van der Waals surface area contributed by atoms with Crippen molar-refractivity contribution in [2.24, 2.45) is 0 Å². The van der Waals surface area contributed by atoms with Crippen LogP contribution < -0.4 is 15.8 Å². The van der Waals surface area contributed by atoms with Crippen LogP contribution in [0.15, 0.2) is 18.2 Å². The smallest absolute Gasteiger partial charge is 0.250 e. The molecule has 0 saturated heterocycles. The molecule has 0 aliphatic rings. The maximum Gasteiger partial charge on any atom is 0.250 e. The summed E-state index contributed by atoms with van der Waals surface area (Å²) < 4.78 is 15.3. The van der Waals surface area contributed by atoms with Crippen LogP contribution in [0.1, 0.15) is 6.92 Å². The Balaban J connectivity index is 2.34. The summed E-state index contributed by atoms with van der Waals surface area (Å²) in [5.74, 6) is 0.340. The highest BCUT2D eigenvalue weighted by molar-refractivity contribution is 5.92. The molecule has 0 aliphatic heterocycles. The molecular weight excluding hydrogens is 248 g/mol. The van der Waals surface area contributed by atoms with Gasteiger partial charge in [0.1, 0.15) is 12.4 Å². The van der Waals surface area contributed by atoms with E-state index in [2.05, 4.69) is 5.32 Å². The predicted octanol–water partition coefficient (Wildman–Crippen LogP) is 1.27. The van der Waals surface area contributed by atoms with Crippen molar-refractivity contribution >= 4 is 17.3 Å². The number of rotatable bonds is 8. The number of benzene rings is 1. The van der Waals surface area contributed by atoms with E-state index in [0.29, 0.717) is 36.9 Å². The Morgan fingerprint density at radius 3 is 2.68 bits per heavy atom. The number of anilines is 2. The number of carbonyl (C=O) groups excluding carboxylic acids is 1. The zero-order valence-corrected chi connectivity index (χ0v) is 11.3. The third-order valence-corrected chi connectivity index (χ3v) is 2.32. The minimum atomic E-state index is -0.235. The minimum Gasteiger partial charge on any atom is -0.495 e. The van der Waals surface area contributed by atoms with E-state index >= 15 is 0 Å². The Hall–Kier alpha value is -1.79. The van der Waals surface area contributed by atoms with Gasteiger partial charge in [0, 0.05) is 12.3 Å². The van der Waals surface area contributed by atoms with Crippen LogP contribution in [0, 0.1) is 0 Å². The number of ether oxygens (including phenoxy) is 3. The summed E-state index contributed by atoms with van der Waals surface area (Å²) in [7, 11) is 1.54. The van der Waals surface area contributed by atoms with Gasteiger partial charge in [-0.25, -0.2) is 0 Å². The second-order valence-electron chi connectivity index (χ2n) is 3.75. The average molecular weight is 268 g/mol. The molecule has 6 nitrogen and oxygen atoms in total. The average Bonchev–Trinajstić information content (AvgIpc) is 2.39. The lowest BCUT2D eigenvalue weighted by Crippen LogP contribution is -2.19. The zero-order chi connectivity index (χ0) is 14.1. The van der Waals surface area contributed by atoms with Gasteiger partial charge in [-0.05, 0) is 25.1 Å². The first kappa shape index (κ1) is 15.3. The molecule has 106 valence electrons. The summed E-state index contributed by atoms with van der Waals surface area (Å²) in [5, 5.41) is 2.68. The van der Waals surface area contributed by atoms with Gasteiger partial charge in [-0.15, -0.1) is 0 Å². The molecular formula is C13H20N2O4. The molecule has 0 unspecified atom stereocenters. The molecule has 6 heteroatoms. The van der Waals surface area contributed by atoms with Crippen LogP contribution in [-0.4, -0.2) is 39.4 Å². The van der Waals surface area contributed by atoms with Gasteiger partial charge in [-0.2, -0.15) is 0 Å². The van der Waals surface area contributed by atoms with E-state index in [4.69, 9.17) is 19.9 Å². The standard InChI is InChI=1S/C13H20N2O4/c1-3-18-6-7-19-9-13(16)15-10-4-5-12(17-2)11(14)8-10/h4-5,8H,3,6-7,9,14H2,1-2H3,(H,15,16). The number of nitrogens with two attached hydrogens (primary N) is 1. The predicted molar refractivity (Wildman–Crippen MR) is 73.3 cm³/mol. The fourth-order valence-electron chi connectivity index (χ4n) is 1.44. The van der Waals surface area contributed by atoms with Gasteiger partial charge in [-0.3, -0.25) is 4.79 Å². The first-order valence-corrected chi connectivity index (χ1v) is 6.06. The van der Waals surface area contributed by atoms with Gasteiger partial charge < -0.3 is 25.3 Å². The van der Waals surface area contributed by atoms with Gasteiger partial charge in [0.25, 0.3) is 0 Å². The van der Waals surface area contributed by atoms with Crippen molar-refractivity contribution in [3.63, 3.8) is 0 Å². The molecule has 1 amide bonds. The number of hydrogen-bond donors (Lipinski definition) is 2. The second kappa shape index (κ2) is 8.34. The molecule has 0 aliphatic carbocycles. The molecule has 0 atom stereocenters. The molecule has 0 heterocycles. The SMILES string of the molecule is CCOCCOCC(=O)Nc1ccc(OC)c(N)c1. The van der Waals surface area contributed by atoms with Gasteiger partial charge in [0.2, 0.25) is 5.91 Å². The molecule has 0 aromatic heterocycles. The van der Waals surface area contributed by atoms with Crippen LogP contribution in [0.5, 0.6) is 5.75 Å². The molecule has 0 spiro atoms. The molecule has 0 fully saturated rings. The summed E-state index contributed by atoms with van der Waals surface area (Å²) in [4.78, 5) is 11.6. The highest BCUT2D eigenvalue weighted by Crippen LogP contribution is 2.24. The molecule has 0 radical (unpaired) electrons. The van der Waals surface area contributed by atoms with Crippen molar-refractivity contribution < 1.29 is 19.0 Å². The first-order valence-electron chi connectivity index (χ1n) is 6.06. The van der Waals surface area contributed by atoms with Crippen LogP contribution >= 0.6 is 0 Å². The Morgan fingerprint density at radius 1 is 1.32 bits per heavy atom. The highest BCUT2D eigenvalue weighted by atomic mass is 16.5. The Bertz CT molecular complexity index is 410. The van der Waals surface area contributed by atoms with Gasteiger partial charge in [0.05, 0.1) is 26.0 Å². The van der Waals surface area contributed by atoms with E-state index in [1.807, 2.05) is 6.92 Å².